The second-order valence-corrected chi connectivity index (χ2v) is 4.45. The highest BCUT2D eigenvalue weighted by molar-refractivity contribution is 5.80. The maximum Gasteiger partial charge on any atom is 0.365 e. The van der Waals surface area contributed by atoms with Crippen molar-refractivity contribution in [2.75, 3.05) is 0 Å². The summed E-state index contributed by atoms with van der Waals surface area (Å²) in [5.41, 5.74) is -8.85. The van der Waals surface area contributed by atoms with Gasteiger partial charge in [0, 0.05) is 0 Å². The number of hydroxylamine groups is 2. The zero-order chi connectivity index (χ0) is 15.7. The van der Waals surface area contributed by atoms with Crippen LogP contribution in [-0.2, 0) is 4.79 Å². The zero-order valence-corrected chi connectivity index (χ0v) is 9.54. The molecule has 11 heteroatoms. The average molecular weight is 293 g/mol. The zero-order valence-electron chi connectivity index (χ0n) is 9.54. The SMILES string of the molecule is O=C(O)C1(O)N(O)C2=CC=C(O)C(O)(O)C2(O)C1(O)O. The Labute approximate surface area is 109 Å². The Morgan fingerprint density at radius 1 is 1.05 bits per heavy atom. The van der Waals surface area contributed by atoms with Gasteiger partial charge in [-0.05, 0) is 12.2 Å². The summed E-state index contributed by atoms with van der Waals surface area (Å²) in [6.45, 7) is 0. The van der Waals surface area contributed by atoms with Crippen molar-refractivity contribution in [3.63, 3.8) is 0 Å². The fourth-order valence-electron chi connectivity index (χ4n) is 2.22. The highest BCUT2D eigenvalue weighted by Gasteiger charge is 2.84. The summed E-state index contributed by atoms with van der Waals surface area (Å²) in [7, 11) is 0. The molecule has 1 saturated heterocycles. The van der Waals surface area contributed by atoms with Gasteiger partial charge in [-0.2, -0.15) is 0 Å². The quantitative estimate of drug-likeness (QED) is 0.212. The van der Waals surface area contributed by atoms with E-state index in [0.717, 1.165) is 0 Å². The topological polar surface area (TPSA) is 202 Å². The first-order valence-electron chi connectivity index (χ1n) is 5.05. The molecule has 2 aliphatic rings. The smallest absolute Gasteiger partial charge is 0.365 e. The summed E-state index contributed by atoms with van der Waals surface area (Å²) in [5, 5.41) is 85.6. The normalized spacial score (nSPS) is 38.0. The number of carboxylic acid groups (broad SMARTS) is 1. The van der Waals surface area contributed by atoms with Crippen LogP contribution in [0.25, 0.3) is 0 Å². The van der Waals surface area contributed by atoms with Gasteiger partial charge in [0.1, 0.15) is 0 Å². The molecule has 2 atom stereocenters. The summed E-state index contributed by atoms with van der Waals surface area (Å²) < 4.78 is 0. The molecule has 0 aromatic rings. The van der Waals surface area contributed by atoms with Crippen LogP contribution in [0.2, 0.25) is 0 Å². The highest BCUT2D eigenvalue weighted by Crippen LogP contribution is 2.54. The van der Waals surface area contributed by atoms with Crippen LogP contribution in [0.1, 0.15) is 0 Å². The van der Waals surface area contributed by atoms with E-state index in [9.17, 15) is 45.7 Å². The summed E-state index contributed by atoms with van der Waals surface area (Å²) in [6.07, 6.45) is 1.10. The maximum absolute atomic E-state index is 11.0. The van der Waals surface area contributed by atoms with Crippen molar-refractivity contribution >= 4 is 5.97 Å². The van der Waals surface area contributed by atoms with E-state index in [1.807, 2.05) is 0 Å². The molecular weight excluding hydrogens is 282 g/mol. The lowest BCUT2D eigenvalue weighted by atomic mass is 9.77. The molecule has 0 aromatic carbocycles. The van der Waals surface area contributed by atoms with Gasteiger partial charge in [0.05, 0.1) is 5.70 Å². The van der Waals surface area contributed by atoms with Gasteiger partial charge in [-0.15, -0.1) is 0 Å². The van der Waals surface area contributed by atoms with Gasteiger partial charge >= 0.3 is 11.7 Å². The highest BCUT2D eigenvalue weighted by atomic mass is 16.6. The molecule has 1 aliphatic heterocycles. The molecule has 9 N–H and O–H groups in total. The summed E-state index contributed by atoms with van der Waals surface area (Å²) in [4.78, 5) is 11.0. The minimum atomic E-state index is -4.20. The van der Waals surface area contributed by atoms with E-state index in [2.05, 4.69) is 0 Å². The van der Waals surface area contributed by atoms with Crippen molar-refractivity contribution in [1.82, 2.24) is 5.06 Å². The molecule has 1 heterocycles. The first-order valence-corrected chi connectivity index (χ1v) is 5.05. The van der Waals surface area contributed by atoms with Gasteiger partial charge in [-0.3, -0.25) is 5.21 Å². The summed E-state index contributed by atoms with van der Waals surface area (Å²) in [6, 6.07) is 0. The van der Waals surface area contributed by atoms with Crippen LogP contribution in [0.3, 0.4) is 0 Å². The second-order valence-electron chi connectivity index (χ2n) is 4.45. The van der Waals surface area contributed by atoms with E-state index < -0.39 is 45.4 Å². The third-order valence-electron chi connectivity index (χ3n) is 3.45. The Morgan fingerprint density at radius 3 is 2.00 bits per heavy atom. The molecule has 1 fully saturated rings. The van der Waals surface area contributed by atoms with Crippen molar-refractivity contribution in [3.05, 3.63) is 23.6 Å². The molecular formula is C9H11NO10. The van der Waals surface area contributed by atoms with Crippen LogP contribution in [0.4, 0.5) is 0 Å². The van der Waals surface area contributed by atoms with Crippen LogP contribution in [0, 0.1) is 0 Å². The van der Waals surface area contributed by atoms with E-state index in [1.165, 1.54) is 0 Å². The Kier molecular flexibility index (Phi) is 2.55. The first-order chi connectivity index (χ1) is 8.86. The van der Waals surface area contributed by atoms with Gasteiger partial charge < -0.3 is 40.9 Å². The average Bonchev–Trinajstić information content (AvgIpc) is 2.45. The lowest BCUT2D eigenvalue weighted by molar-refractivity contribution is -0.393. The number of nitrogens with zero attached hydrogens (tertiary/aromatic N) is 1. The fourth-order valence-corrected chi connectivity index (χ4v) is 2.22. The van der Waals surface area contributed by atoms with Crippen LogP contribution in [0.15, 0.2) is 23.6 Å². The van der Waals surface area contributed by atoms with Crippen LogP contribution < -0.4 is 0 Å². The van der Waals surface area contributed by atoms with Gasteiger partial charge in [-0.25, -0.2) is 9.86 Å². The third kappa shape index (κ3) is 1.12. The van der Waals surface area contributed by atoms with E-state index >= 15 is 0 Å². The Morgan fingerprint density at radius 2 is 1.55 bits per heavy atom. The molecule has 0 aromatic heterocycles. The van der Waals surface area contributed by atoms with Gasteiger partial charge in [0.25, 0.3) is 11.6 Å². The third-order valence-corrected chi connectivity index (χ3v) is 3.45. The molecule has 0 amide bonds. The van der Waals surface area contributed by atoms with E-state index in [4.69, 9.17) is 5.11 Å². The molecule has 2 rings (SSSR count). The summed E-state index contributed by atoms with van der Waals surface area (Å²) in [5.74, 6) is -11.8. The Bertz CT molecular complexity index is 551. The van der Waals surface area contributed by atoms with E-state index in [0.29, 0.717) is 12.2 Å². The van der Waals surface area contributed by atoms with Crippen LogP contribution >= 0.6 is 0 Å². The van der Waals surface area contributed by atoms with Crippen molar-refractivity contribution in [1.29, 1.82) is 0 Å². The van der Waals surface area contributed by atoms with E-state index in [-0.39, 0.29) is 0 Å². The molecule has 112 valence electrons. The number of carboxylic acids is 1. The minimum absolute atomic E-state index is 0.538. The lowest BCUT2D eigenvalue weighted by Crippen LogP contribution is -2.74. The number of rotatable bonds is 1. The molecule has 0 saturated carbocycles. The molecule has 1 aliphatic carbocycles. The number of aliphatic carboxylic acids is 1. The Hall–Kier alpha value is -1.73. The second kappa shape index (κ2) is 3.48. The predicted octanol–water partition coefficient (Wildman–Crippen LogP) is -4.10. The summed E-state index contributed by atoms with van der Waals surface area (Å²) >= 11 is 0. The number of aliphatic hydroxyl groups is 7. The largest absolute Gasteiger partial charge is 0.507 e. The number of allylic oxidation sites excluding steroid dienone is 2. The molecule has 11 nitrogen and oxygen atoms in total. The van der Waals surface area contributed by atoms with Crippen molar-refractivity contribution in [2.24, 2.45) is 0 Å². The number of fused-ring (bicyclic) bond motifs is 1. The van der Waals surface area contributed by atoms with Crippen molar-refractivity contribution < 1.29 is 50.9 Å². The number of aliphatic hydroxyl groups excluding tert-OH is 1. The fraction of sp³-hybridized carbons (Fsp3) is 0.444. The number of carbonyl (C=O) groups is 1. The molecule has 0 bridgehead atoms. The minimum Gasteiger partial charge on any atom is -0.507 e. The van der Waals surface area contributed by atoms with Crippen molar-refractivity contribution in [3.8, 4) is 0 Å². The first kappa shape index (κ1) is 14.7. The van der Waals surface area contributed by atoms with Crippen LogP contribution in [-0.4, -0.2) is 80.0 Å². The predicted molar refractivity (Wildman–Crippen MR) is 54.3 cm³/mol. The lowest BCUT2D eigenvalue weighted by Gasteiger charge is -2.43. The molecule has 0 spiro atoms. The van der Waals surface area contributed by atoms with Gasteiger partial charge in [0.15, 0.2) is 5.76 Å². The van der Waals surface area contributed by atoms with Crippen molar-refractivity contribution in [2.45, 2.75) is 22.9 Å². The maximum atomic E-state index is 11.0. The van der Waals surface area contributed by atoms with Crippen LogP contribution in [0.5, 0.6) is 0 Å². The number of hydrogen-bond acceptors (Lipinski definition) is 10. The molecule has 20 heavy (non-hydrogen) atoms. The number of hydrogen-bond donors (Lipinski definition) is 9. The standard InChI is InChI=1S/C9H11NO10/c11-4-2-1-3-6(14,8(4,16)17)9(18,19)7(15,5(12)13)10(3)20/h1-2,11,14-20H,(H,12,13). The Balaban J connectivity index is 2.82. The molecule has 2 unspecified atom stereocenters. The van der Waals surface area contributed by atoms with Gasteiger partial charge in [0.2, 0.25) is 5.60 Å². The molecule has 0 radical (unpaired) electrons. The monoisotopic (exact) mass is 293 g/mol. The van der Waals surface area contributed by atoms with Gasteiger partial charge in [-0.1, -0.05) is 0 Å². The van der Waals surface area contributed by atoms with E-state index in [1.54, 1.807) is 0 Å².